The van der Waals surface area contributed by atoms with Crippen LogP contribution >= 0.6 is 0 Å². The third-order valence-electron chi connectivity index (χ3n) is 3.89. The van der Waals surface area contributed by atoms with Crippen molar-refractivity contribution in [1.82, 2.24) is 5.32 Å². The highest BCUT2D eigenvalue weighted by Gasteiger charge is 2.28. The van der Waals surface area contributed by atoms with Gasteiger partial charge in [0, 0.05) is 6.04 Å². The Morgan fingerprint density at radius 1 is 1.28 bits per heavy atom. The minimum absolute atomic E-state index is 0.328. The van der Waals surface area contributed by atoms with E-state index in [1.54, 1.807) is 0 Å². The van der Waals surface area contributed by atoms with Crippen molar-refractivity contribution < 1.29 is 4.74 Å². The molecular formula is C16H25NO. The highest BCUT2D eigenvalue weighted by atomic mass is 16.5. The molecule has 1 aromatic rings. The molecule has 1 aliphatic carbocycles. The van der Waals surface area contributed by atoms with E-state index >= 15 is 0 Å². The molecule has 2 rings (SSSR count). The summed E-state index contributed by atoms with van der Waals surface area (Å²) in [5, 5.41) is 3.37. The zero-order valence-corrected chi connectivity index (χ0v) is 12.0. The lowest BCUT2D eigenvalue weighted by atomic mass is 10.0. The maximum absolute atomic E-state index is 6.29. The number of ether oxygens (including phenoxy) is 1. The zero-order chi connectivity index (χ0) is 13.1. The second-order valence-electron chi connectivity index (χ2n) is 5.68. The molecule has 1 aliphatic rings. The number of hydrogen-bond acceptors (Lipinski definition) is 2. The van der Waals surface area contributed by atoms with Crippen LogP contribution < -0.4 is 10.1 Å². The Morgan fingerprint density at radius 2 is 2.06 bits per heavy atom. The van der Waals surface area contributed by atoms with Gasteiger partial charge in [-0.25, -0.2) is 0 Å². The molecule has 2 heteroatoms. The van der Waals surface area contributed by atoms with E-state index in [2.05, 4.69) is 44.3 Å². The molecule has 0 spiro atoms. The Labute approximate surface area is 111 Å². The van der Waals surface area contributed by atoms with E-state index in [0.717, 1.165) is 12.2 Å². The summed E-state index contributed by atoms with van der Waals surface area (Å²) in [7, 11) is 2.03. The normalized spacial score (nSPS) is 23.6. The Morgan fingerprint density at radius 3 is 2.72 bits per heavy atom. The fraction of sp³-hybridized carbons (Fsp3) is 0.625. The molecule has 0 amide bonds. The van der Waals surface area contributed by atoms with Crippen LogP contribution in [0.1, 0.15) is 50.2 Å². The van der Waals surface area contributed by atoms with Crippen molar-refractivity contribution in [2.24, 2.45) is 0 Å². The van der Waals surface area contributed by atoms with Gasteiger partial charge in [-0.15, -0.1) is 0 Å². The van der Waals surface area contributed by atoms with Crippen molar-refractivity contribution in [2.75, 3.05) is 7.05 Å². The molecule has 100 valence electrons. The highest BCUT2D eigenvalue weighted by molar-refractivity contribution is 5.39. The van der Waals surface area contributed by atoms with Crippen LogP contribution in [0.2, 0.25) is 0 Å². The number of rotatable bonds is 4. The average molecular weight is 247 g/mol. The van der Waals surface area contributed by atoms with Gasteiger partial charge in [-0.2, -0.15) is 0 Å². The standard InChI is InChI=1S/C16H25NO/c1-11(2)13-9-8-12(3)10-16(13)18-15-7-5-6-14(15)17-4/h8-11,14-15,17H,5-7H2,1-4H3. The average Bonchev–Trinajstić information content (AvgIpc) is 2.76. The van der Waals surface area contributed by atoms with E-state index in [4.69, 9.17) is 4.74 Å². The van der Waals surface area contributed by atoms with E-state index in [9.17, 15) is 0 Å². The number of hydrogen-bond donors (Lipinski definition) is 1. The lowest BCUT2D eigenvalue weighted by Gasteiger charge is -2.23. The second-order valence-corrected chi connectivity index (χ2v) is 5.68. The molecular weight excluding hydrogens is 222 g/mol. The molecule has 18 heavy (non-hydrogen) atoms. The highest BCUT2D eigenvalue weighted by Crippen LogP contribution is 2.31. The Hall–Kier alpha value is -1.02. The molecule has 2 nitrogen and oxygen atoms in total. The minimum Gasteiger partial charge on any atom is -0.489 e. The van der Waals surface area contributed by atoms with E-state index in [1.807, 2.05) is 7.05 Å². The van der Waals surface area contributed by atoms with Crippen LogP contribution in [-0.4, -0.2) is 19.2 Å². The van der Waals surface area contributed by atoms with Gasteiger partial charge in [-0.05, 0) is 56.3 Å². The van der Waals surface area contributed by atoms with Crippen LogP contribution in [0.25, 0.3) is 0 Å². The number of aryl methyl sites for hydroxylation is 1. The number of benzene rings is 1. The molecule has 0 aromatic heterocycles. The molecule has 2 unspecified atom stereocenters. The van der Waals surface area contributed by atoms with Gasteiger partial charge >= 0.3 is 0 Å². The van der Waals surface area contributed by atoms with Crippen LogP contribution in [0.5, 0.6) is 5.75 Å². The van der Waals surface area contributed by atoms with E-state index in [0.29, 0.717) is 18.1 Å². The first-order valence-corrected chi connectivity index (χ1v) is 7.06. The first-order chi connectivity index (χ1) is 8.61. The van der Waals surface area contributed by atoms with Crippen molar-refractivity contribution in [3.05, 3.63) is 29.3 Å². The molecule has 2 atom stereocenters. The van der Waals surface area contributed by atoms with Crippen LogP contribution in [0, 0.1) is 6.92 Å². The number of likely N-dealkylation sites (N-methyl/N-ethyl adjacent to an activating group) is 1. The lowest BCUT2D eigenvalue weighted by Crippen LogP contribution is -2.36. The fourth-order valence-corrected chi connectivity index (χ4v) is 2.78. The molecule has 1 saturated carbocycles. The molecule has 1 aromatic carbocycles. The summed E-state index contributed by atoms with van der Waals surface area (Å²) < 4.78 is 6.29. The fourth-order valence-electron chi connectivity index (χ4n) is 2.78. The van der Waals surface area contributed by atoms with Gasteiger partial charge in [0.25, 0.3) is 0 Å². The maximum Gasteiger partial charge on any atom is 0.123 e. The second kappa shape index (κ2) is 5.75. The van der Waals surface area contributed by atoms with Crippen LogP contribution in [0.3, 0.4) is 0 Å². The van der Waals surface area contributed by atoms with Gasteiger partial charge in [0.1, 0.15) is 11.9 Å². The Bertz CT molecular complexity index is 400. The summed E-state index contributed by atoms with van der Waals surface area (Å²) >= 11 is 0. The lowest BCUT2D eigenvalue weighted by molar-refractivity contribution is 0.176. The van der Waals surface area contributed by atoms with E-state index in [-0.39, 0.29) is 0 Å². The minimum atomic E-state index is 0.328. The van der Waals surface area contributed by atoms with Crippen LogP contribution in [0.4, 0.5) is 0 Å². The Balaban J connectivity index is 2.19. The SMILES string of the molecule is CNC1CCCC1Oc1cc(C)ccc1C(C)C. The summed E-state index contributed by atoms with van der Waals surface area (Å²) in [4.78, 5) is 0. The predicted molar refractivity (Wildman–Crippen MR) is 76.4 cm³/mol. The van der Waals surface area contributed by atoms with Gasteiger partial charge in [-0.3, -0.25) is 0 Å². The van der Waals surface area contributed by atoms with Crippen molar-refractivity contribution in [1.29, 1.82) is 0 Å². The van der Waals surface area contributed by atoms with Gasteiger partial charge in [-0.1, -0.05) is 26.0 Å². The van der Waals surface area contributed by atoms with Crippen LogP contribution in [0.15, 0.2) is 18.2 Å². The zero-order valence-electron chi connectivity index (χ0n) is 12.0. The molecule has 0 heterocycles. The monoisotopic (exact) mass is 247 g/mol. The summed E-state index contributed by atoms with van der Waals surface area (Å²) in [6, 6.07) is 7.07. The topological polar surface area (TPSA) is 21.3 Å². The Kier molecular flexibility index (Phi) is 4.28. The summed E-state index contributed by atoms with van der Waals surface area (Å²) in [6.07, 6.45) is 3.98. The smallest absolute Gasteiger partial charge is 0.123 e. The molecule has 0 bridgehead atoms. The van der Waals surface area contributed by atoms with Crippen molar-refractivity contribution in [3.8, 4) is 5.75 Å². The third kappa shape index (κ3) is 2.86. The first-order valence-electron chi connectivity index (χ1n) is 7.06. The molecule has 1 fully saturated rings. The van der Waals surface area contributed by atoms with Crippen LogP contribution in [-0.2, 0) is 0 Å². The van der Waals surface area contributed by atoms with Gasteiger partial charge in [0.05, 0.1) is 0 Å². The summed E-state index contributed by atoms with van der Waals surface area (Å²) in [5.41, 5.74) is 2.59. The van der Waals surface area contributed by atoms with Gasteiger partial charge in [0.2, 0.25) is 0 Å². The quantitative estimate of drug-likeness (QED) is 0.877. The molecule has 1 N–H and O–H groups in total. The van der Waals surface area contributed by atoms with E-state index < -0.39 is 0 Å². The van der Waals surface area contributed by atoms with Crippen molar-refractivity contribution in [2.45, 2.75) is 58.1 Å². The third-order valence-corrected chi connectivity index (χ3v) is 3.89. The summed E-state index contributed by atoms with van der Waals surface area (Å²) in [5.74, 6) is 1.59. The maximum atomic E-state index is 6.29. The number of nitrogens with one attached hydrogen (secondary N) is 1. The summed E-state index contributed by atoms with van der Waals surface area (Å²) in [6.45, 7) is 6.57. The largest absolute Gasteiger partial charge is 0.489 e. The van der Waals surface area contributed by atoms with Crippen molar-refractivity contribution in [3.63, 3.8) is 0 Å². The predicted octanol–water partition coefficient (Wildman–Crippen LogP) is 3.64. The van der Waals surface area contributed by atoms with Crippen molar-refractivity contribution >= 4 is 0 Å². The van der Waals surface area contributed by atoms with Gasteiger partial charge in [0.15, 0.2) is 0 Å². The molecule has 0 aliphatic heterocycles. The van der Waals surface area contributed by atoms with E-state index in [1.165, 1.54) is 24.0 Å². The van der Waals surface area contributed by atoms with Gasteiger partial charge < -0.3 is 10.1 Å². The first kappa shape index (κ1) is 13.4. The molecule has 0 saturated heterocycles. The molecule has 0 radical (unpaired) electrons.